The summed E-state index contributed by atoms with van der Waals surface area (Å²) >= 11 is 0. The average molecular weight is 238 g/mol. The molecule has 1 saturated heterocycles. The van der Waals surface area contributed by atoms with Crippen LogP contribution in [0.15, 0.2) is 0 Å². The van der Waals surface area contributed by atoms with Gasteiger partial charge in [0.2, 0.25) is 0 Å². The molecule has 2 unspecified atom stereocenters. The van der Waals surface area contributed by atoms with Gasteiger partial charge in [-0.25, -0.2) is 0 Å². The van der Waals surface area contributed by atoms with Crippen molar-refractivity contribution in [3.8, 4) is 0 Å². The molecule has 0 radical (unpaired) electrons. The topological polar surface area (TPSA) is 15.3 Å². The van der Waals surface area contributed by atoms with E-state index in [9.17, 15) is 0 Å². The maximum atomic E-state index is 3.83. The molecule has 0 bridgehead atoms. The SMILES string of the molecule is CCN1CC(NCC2CCC2)CC(C(C)C)C1. The molecular weight excluding hydrogens is 208 g/mol. The highest BCUT2D eigenvalue weighted by atomic mass is 15.2. The van der Waals surface area contributed by atoms with Gasteiger partial charge in [-0.05, 0) is 50.1 Å². The number of hydrogen-bond donors (Lipinski definition) is 1. The van der Waals surface area contributed by atoms with Gasteiger partial charge in [-0.2, -0.15) is 0 Å². The van der Waals surface area contributed by atoms with Crippen LogP contribution in [0.3, 0.4) is 0 Å². The van der Waals surface area contributed by atoms with Crippen molar-refractivity contribution in [2.45, 2.75) is 52.5 Å². The lowest BCUT2D eigenvalue weighted by Gasteiger charge is -2.40. The predicted octanol–water partition coefficient (Wildman–Crippen LogP) is 2.74. The van der Waals surface area contributed by atoms with Gasteiger partial charge in [0, 0.05) is 19.1 Å². The Hall–Kier alpha value is -0.0800. The molecule has 100 valence electrons. The minimum Gasteiger partial charge on any atom is -0.312 e. The summed E-state index contributed by atoms with van der Waals surface area (Å²) < 4.78 is 0. The molecule has 1 N–H and O–H groups in total. The molecule has 2 heteroatoms. The maximum absolute atomic E-state index is 3.83. The van der Waals surface area contributed by atoms with Crippen LogP contribution >= 0.6 is 0 Å². The van der Waals surface area contributed by atoms with Gasteiger partial charge in [0.05, 0.1) is 0 Å². The second-order valence-electron chi connectivity index (χ2n) is 6.49. The van der Waals surface area contributed by atoms with Gasteiger partial charge in [-0.1, -0.05) is 27.2 Å². The molecule has 1 saturated carbocycles. The second-order valence-corrected chi connectivity index (χ2v) is 6.49. The fourth-order valence-electron chi connectivity index (χ4n) is 3.15. The van der Waals surface area contributed by atoms with Gasteiger partial charge in [-0.3, -0.25) is 0 Å². The lowest BCUT2D eigenvalue weighted by molar-refractivity contribution is 0.116. The van der Waals surface area contributed by atoms with Crippen molar-refractivity contribution in [1.82, 2.24) is 10.2 Å². The second kappa shape index (κ2) is 6.19. The molecule has 0 aromatic heterocycles. The highest BCUT2D eigenvalue weighted by molar-refractivity contribution is 4.85. The van der Waals surface area contributed by atoms with E-state index in [-0.39, 0.29) is 0 Å². The van der Waals surface area contributed by atoms with Crippen LogP contribution in [-0.2, 0) is 0 Å². The summed E-state index contributed by atoms with van der Waals surface area (Å²) in [6, 6.07) is 0.747. The smallest absolute Gasteiger partial charge is 0.0198 e. The number of rotatable bonds is 5. The van der Waals surface area contributed by atoms with Crippen LogP contribution < -0.4 is 5.32 Å². The van der Waals surface area contributed by atoms with Crippen LogP contribution in [0.4, 0.5) is 0 Å². The molecule has 2 aliphatic rings. The fourth-order valence-corrected chi connectivity index (χ4v) is 3.15. The van der Waals surface area contributed by atoms with E-state index < -0.39 is 0 Å². The van der Waals surface area contributed by atoms with Crippen LogP contribution in [0.25, 0.3) is 0 Å². The van der Waals surface area contributed by atoms with E-state index in [2.05, 4.69) is 31.0 Å². The highest BCUT2D eigenvalue weighted by Gasteiger charge is 2.28. The summed E-state index contributed by atoms with van der Waals surface area (Å²) in [6.45, 7) is 12.1. The Labute approximate surface area is 107 Å². The number of nitrogens with zero attached hydrogens (tertiary/aromatic N) is 1. The van der Waals surface area contributed by atoms with Crippen molar-refractivity contribution < 1.29 is 0 Å². The first-order valence-corrected chi connectivity index (χ1v) is 7.64. The zero-order chi connectivity index (χ0) is 12.3. The lowest BCUT2D eigenvalue weighted by atomic mass is 9.83. The summed E-state index contributed by atoms with van der Waals surface area (Å²) in [7, 11) is 0. The van der Waals surface area contributed by atoms with Crippen LogP contribution in [-0.4, -0.2) is 37.1 Å². The van der Waals surface area contributed by atoms with E-state index in [1.54, 1.807) is 0 Å². The molecule has 2 atom stereocenters. The monoisotopic (exact) mass is 238 g/mol. The third-order valence-electron chi connectivity index (χ3n) is 4.87. The molecule has 2 rings (SSSR count). The third-order valence-corrected chi connectivity index (χ3v) is 4.87. The number of likely N-dealkylation sites (N-methyl/N-ethyl adjacent to an activating group) is 1. The van der Waals surface area contributed by atoms with E-state index in [4.69, 9.17) is 0 Å². The zero-order valence-corrected chi connectivity index (χ0v) is 11.9. The quantitative estimate of drug-likeness (QED) is 0.792. The van der Waals surface area contributed by atoms with Gasteiger partial charge >= 0.3 is 0 Å². The molecule has 0 amide bonds. The molecule has 1 aliphatic carbocycles. The van der Waals surface area contributed by atoms with Crippen molar-refractivity contribution in [3.63, 3.8) is 0 Å². The Morgan fingerprint density at radius 2 is 2.00 bits per heavy atom. The molecule has 1 aliphatic heterocycles. The minimum absolute atomic E-state index is 0.747. The van der Waals surface area contributed by atoms with Crippen molar-refractivity contribution >= 4 is 0 Å². The minimum atomic E-state index is 0.747. The summed E-state index contributed by atoms with van der Waals surface area (Å²) in [6.07, 6.45) is 5.78. The standard InChI is InChI=1S/C15H30N2/c1-4-17-10-14(12(2)3)8-15(11-17)16-9-13-6-5-7-13/h12-16H,4-11H2,1-3H3. The molecule has 0 spiro atoms. The van der Waals surface area contributed by atoms with E-state index in [1.165, 1.54) is 51.9 Å². The molecule has 17 heavy (non-hydrogen) atoms. The predicted molar refractivity (Wildman–Crippen MR) is 74.2 cm³/mol. The summed E-state index contributed by atoms with van der Waals surface area (Å²) in [4.78, 5) is 2.63. The lowest BCUT2D eigenvalue weighted by Crippen LogP contribution is -2.51. The van der Waals surface area contributed by atoms with Gasteiger partial charge in [-0.15, -0.1) is 0 Å². The van der Waals surface area contributed by atoms with Gasteiger partial charge in [0.1, 0.15) is 0 Å². The number of nitrogens with one attached hydrogen (secondary N) is 1. The number of hydrogen-bond acceptors (Lipinski definition) is 2. The summed E-state index contributed by atoms with van der Waals surface area (Å²) in [5, 5.41) is 3.83. The first-order chi connectivity index (χ1) is 8.19. The van der Waals surface area contributed by atoms with Gasteiger partial charge < -0.3 is 10.2 Å². The van der Waals surface area contributed by atoms with Gasteiger partial charge in [0.25, 0.3) is 0 Å². The van der Waals surface area contributed by atoms with Crippen LogP contribution in [0, 0.1) is 17.8 Å². The van der Waals surface area contributed by atoms with Crippen LogP contribution in [0.2, 0.25) is 0 Å². The van der Waals surface area contributed by atoms with Crippen LogP contribution in [0.5, 0.6) is 0 Å². The number of likely N-dealkylation sites (tertiary alicyclic amines) is 1. The Kier molecular flexibility index (Phi) is 4.87. The van der Waals surface area contributed by atoms with Gasteiger partial charge in [0.15, 0.2) is 0 Å². The largest absolute Gasteiger partial charge is 0.312 e. The van der Waals surface area contributed by atoms with E-state index in [0.717, 1.165) is 23.8 Å². The highest BCUT2D eigenvalue weighted by Crippen LogP contribution is 2.27. The Morgan fingerprint density at radius 1 is 1.24 bits per heavy atom. The first kappa shape index (κ1) is 13.4. The Morgan fingerprint density at radius 3 is 2.53 bits per heavy atom. The maximum Gasteiger partial charge on any atom is 0.0198 e. The van der Waals surface area contributed by atoms with Crippen molar-refractivity contribution in [2.24, 2.45) is 17.8 Å². The molecule has 2 nitrogen and oxygen atoms in total. The van der Waals surface area contributed by atoms with Crippen molar-refractivity contribution in [1.29, 1.82) is 0 Å². The normalized spacial score (nSPS) is 31.8. The van der Waals surface area contributed by atoms with E-state index in [0.29, 0.717) is 0 Å². The van der Waals surface area contributed by atoms with E-state index in [1.807, 2.05) is 0 Å². The first-order valence-electron chi connectivity index (χ1n) is 7.64. The third kappa shape index (κ3) is 3.69. The Balaban J connectivity index is 1.78. The molecular formula is C15H30N2. The fraction of sp³-hybridized carbons (Fsp3) is 1.00. The van der Waals surface area contributed by atoms with Crippen molar-refractivity contribution in [3.05, 3.63) is 0 Å². The Bertz CT molecular complexity index is 223. The molecule has 1 heterocycles. The molecule has 0 aromatic rings. The van der Waals surface area contributed by atoms with E-state index >= 15 is 0 Å². The molecule has 2 fully saturated rings. The average Bonchev–Trinajstić information content (AvgIpc) is 2.26. The van der Waals surface area contributed by atoms with Crippen LogP contribution in [0.1, 0.15) is 46.5 Å². The summed E-state index contributed by atoms with van der Waals surface area (Å²) in [5.41, 5.74) is 0. The number of piperidine rings is 1. The summed E-state index contributed by atoms with van der Waals surface area (Å²) in [5.74, 6) is 2.71. The zero-order valence-electron chi connectivity index (χ0n) is 11.9. The van der Waals surface area contributed by atoms with Crippen molar-refractivity contribution in [2.75, 3.05) is 26.2 Å². The molecule has 0 aromatic carbocycles.